The van der Waals surface area contributed by atoms with E-state index in [1.807, 2.05) is 0 Å². The SMILES string of the molecule is c1ccc(-c2ccc(N(c3ccc(-c4ccc5c(c4)-c4ccccc4C54C5CC6CC7CC4(C6)C7C5)cc3)c3ccc(-c4ccc5ccccc5c4)cc3)cc2)cc1. The number of rotatable bonds is 6. The minimum Gasteiger partial charge on any atom is -0.311 e. The van der Waals surface area contributed by atoms with E-state index >= 15 is 0 Å². The predicted octanol–water partition coefficient (Wildman–Crippen LogP) is 15.0. The zero-order valence-corrected chi connectivity index (χ0v) is 32.7. The molecular formula is C57H45N. The topological polar surface area (TPSA) is 3.24 Å². The van der Waals surface area contributed by atoms with E-state index in [4.69, 9.17) is 0 Å². The van der Waals surface area contributed by atoms with Gasteiger partial charge in [-0.05, 0) is 176 Å². The van der Waals surface area contributed by atoms with Crippen LogP contribution in [0.5, 0.6) is 0 Å². The first-order valence-corrected chi connectivity index (χ1v) is 21.6. The molecular weight excluding hydrogens is 699 g/mol. The van der Waals surface area contributed by atoms with Crippen LogP contribution in [0, 0.1) is 29.1 Å². The molecule has 5 saturated carbocycles. The maximum absolute atomic E-state index is 2.57. The van der Waals surface area contributed by atoms with Gasteiger partial charge in [0.25, 0.3) is 0 Å². The molecule has 6 atom stereocenters. The number of nitrogens with zero attached hydrogens (tertiary/aromatic N) is 1. The summed E-state index contributed by atoms with van der Waals surface area (Å²) in [5.74, 6) is 3.69. The van der Waals surface area contributed by atoms with Gasteiger partial charge in [-0.25, -0.2) is 0 Å². The molecule has 2 spiro atoms. The van der Waals surface area contributed by atoms with E-state index in [2.05, 4.69) is 193 Å². The van der Waals surface area contributed by atoms with Gasteiger partial charge in [0.1, 0.15) is 0 Å². The summed E-state index contributed by atoms with van der Waals surface area (Å²) >= 11 is 0. The summed E-state index contributed by atoms with van der Waals surface area (Å²) in [6.45, 7) is 0. The largest absolute Gasteiger partial charge is 0.311 e. The number of hydrogen-bond acceptors (Lipinski definition) is 1. The van der Waals surface area contributed by atoms with Gasteiger partial charge < -0.3 is 4.90 Å². The molecule has 8 aromatic carbocycles. The fraction of sp³-hybridized carbons (Fsp3) is 0.193. The lowest BCUT2D eigenvalue weighted by Gasteiger charge is -2.67. The smallest absolute Gasteiger partial charge is 0.0462 e. The van der Waals surface area contributed by atoms with E-state index in [0.29, 0.717) is 5.41 Å². The molecule has 0 saturated heterocycles. The highest BCUT2D eigenvalue weighted by molar-refractivity contribution is 5.89. The molecule has 0 aromatic heterocycles. The van der Waals surface area contributed by atoms with Crippen molar-refractivity contribution in [3.63, 3.8) is 0 Å². The highest BCUT2D eigenvalue weighted by Crippen LogP contribution is 2.84. The van der Waals surface area contributed by atoms with Crippen molar-refractivity contribution in [2.24, 2.45) is 29.1 Å². The minimum atomic E-state index is 0.222. The van der Waals surface area contributed by atoms with Crippen molar-refractivity contribution in [2.75, 3.05) is 4.90 Å². The van der Waals surface area contributed by atoms with Gasteiger partial charge in [0.05, 0.1) is 0 Å². The first kappa shape index (κ1) is 32.9. The lowest BCUT2D eigenvalue weighted by atomic mass is 9.36. The van der Waals surface area contributed by atoms with Crippen LogP contribution in [0.15, 0.2) is 188 Å². The molecule has 0 N–H and O–H groups in total. The number of fused-ring (bicyclic) bond motifs is 4. The van der Waals surface area contributed by atoms with Crippen molar-refractivity contribution in [1.29, 1.82) is 0 Å². The minimum absolute atomic E-state index is 0.222. The first-order chi connectivity index (χ1) is 28.7. The number of benzene rings is 8. The second-order valence-corrected chi connectivity index (χ2v) is 18.2. The Labute approximate surface area is 341 Å². The average molecular weight is 744 g/mol. The normalized spacial score (nSPS) is 25.4. The Morgan fingerprint density at radius 2 is 0.948 bits per heavy atom. The highest BCUT2D eigenvalue weighted by Gasteiger charge is 2.78. The van der Waals surface area contributed by atoms with E-state index in [1.165, 1.54) is 87.4 Å². The lowest BCUT2D eigenvalue weighted by molar-refractivity contribution is -0.140. The molecule has 4 bridgehead atoms. The van der Waals surface area contributed by atoms with Crippen LogP contribution >= 0.6 is 0 Å². The molecule has 14 rings (SSSR count). The zero-order valence-electron chi connectivity index (χ0n) is 32.7. The van der Waals surface area contributed by atoms with E-state index in [0.717, 1.165) is 40.7 Å². The van der Waals surface area contributed by atoms with Crippen LogP contribution in [-0.4, -0.2) is 0 Å². The second kappa shape index (κ2) is 12.2. The lowest BCUT2D eigenvalue weighted by Crippen LogP contribution is -2.62. The van der Waals surface area contributed by atoms with Gasteiger partial charge in [0.15, 0.2) is 0 Å². The fourth-order valence-corrected chi connectivity index (χ4v) is 13.7. The van der Waals surface area contributed by atoms with Crippen molar-refractivity contribution >= 4 is 27.8 Å². The van der Waals surface area contributed by atoms with Crippen LogP contribution in [0.1, 0.15) is 43.2 Å². The molecule has 0 aliphatic heterocycles. The quantitative estimate of drug-likeness (QED) is 0.164. The van der Waals surface area contributed by atoms with E-state index in [-0.39, 0.29) is 5.41 Å². The molecule has 8 aromatic rings. The summed E-state index contributed by atoms with van der Waals surface area (Å²) in [4.78, 5) is 2.39. The van der Waals surface area contributed by atoms with E-state index in [1.54, 1.807) is 11.1 Å². The van der Waals surface area contributed by atoms with Crippen LogP contribution in [0.3, 0.4) is 0 Å². The molecule has 278 valence electrons. The highest BCUT2D eigenvalue weighted by atomic mass is 15.1. The van der Waals surface area contributed by atoms with Crippen molar-refractivity contribution in [1.82, 2.24) is 0 Å². The van der Waals surface area contributed by atoms with Gasteiger partial charge in [-0.3, -0.25) is 0 Å². The monoisotopic (exact) mass is 743 g/mol. The molecule has 6 aliphatic rings. The van der Waals surface area contributed by atoms with Gasteiger partial charge in [-0.2, -0.15) is 0 Å². The Balaban J connectivity index is 0.871. The zero-order chi connectivity index (χ0) is 38.0. The predicted molar refractivity (Wildman–Crippen MR) is 241 cm³/mol. The Hall–Kier alpha value is -6.18. The molecule has 6 unspecified atom stereocenters. The molecule has 1 nitrogen and oxygen atoms in total. The summed E-state index contributed by atoms with van der Waals surface area (Å²) in [7, 11) is 0. The van der Waals surface area contributed by atoms with Crippen molar-refractivity contribution in [3.8, 4) is 44.5 Å². The van der Waals surface area contributed by atoms with Gasteiger partial charge in [-0.1, -0.05) is 140 Å². The van der Waals surface area contributed by atoms with Crippen LogP contribution in [0.4, 0.5) is 17.1 Å². The Morgan fingerprint density at radius 3 is 1.67 bits per heavy atom. The van der Waals surface area contributed by atoms with Gasteiger partial charge in [0, 0.05) is 22.5 Å². The molecule has 0 amide bonds. The first-order valence-electron chi connectivity index (χ1n) is 21.6. The van der Waals surface area contributed by atoms with Crippen LogP contribution in [0.2, 0.25) is 0 Å². The molecule has 0 heterocycles. The molecule has 6 aliphatic carbocycles. The summed E-state index contributed by atoms with van der Waals surface area (Å²) in [6.07, 6.45) is 7.31. The van der Waals surface area contributed by atoms with Crippen molar-refractivity contribution in [2.45, 2.75) is 37.5 Å². The Morgan fingerprint density at radius 1 is 0.397 bits per heavy atom. The van der Waals surface area contributed by atoms with Gasteiger partial charge in [0.2, 0.25) is 0 Å². The summed E-state index contributed by atoms with van der Waals surface area (Å²) in [6, 6.07) is 70.5. The third-order valence-corrected chi connectivity index (χ3v) is 15.7. The van der Waals surface area contributed by atoms with E-state index < -0.39 is 0 Å². The molecule has 1 heteroatoms. The summed E-state index contributed by atoms with van der Waals surface area (Å²) < 4.78 is 0. The molecule has 0 radical (unpaired) electrons. The maximum Gasteiger partial charge on any atom is 0.0462 e. The molecule has 58 heavy (non-hydrogen) atoms. The number of anilines is 3. The Bertz CT molecular complexity index is 2890. The summed E-state index contributed by atoms with van der Waals surface area (Å²) in [5.41, 5.74) is 17.9. The summed E-state index contributed by atoms with van der Waals surface area (Å²) in [5, 5.41) is 2.53. The van der Waals surface area contributed by atoms with Crippen molar-refractivity contribution in [3.05, 3.63) is 199 Å². The number of hydrogen-bond donors (Lipinski definition) is 0. The van der Waals surface area contributed by atoms with E-state index in [9.17, 15) is 0 Å². The third kappa shape index (κ3) is 4.48. The second-order valence-electron chi connectivity index (χ2n) is 18.2. The maximum atomic E-state index is 2.57. The van der Waals surface area contributed by atoms with Gasteiger partial charge >= 0.3 is 0 Å². The third-order valence-electron chi connectivity index (χ3n) is 15.7. The standard InChI is InChI=1S/C57H45N/c1-2-8-38(9-3-1)40-16-23-48(24-17-40)58(49-25-18-41(19-26-49)44-15-14-39-10-4-5-11-43(39)32-44)50-27-20-42(21-28-50)45-22-29-54-52(33-45)51-12-6-7-13-53(51)57(54)47-31-37-30-46-36-56(57,35-37)55(46)34-47/h1-29,32-33,37,46-47,55H,30-31,34-36H2. The van der Waals surface area contributed by atoms with Gasteiger partial charge in [-0.15, -0.1) is 0 Å². The average Bonchev–Trinajstić information content (AvgIpc) is 3.57. The van der Waals surface area contributed by atoms with Crippen LogP contribution in [0.25, 0.3) is 55.3 Å². The van der Waals surface area contributed by atoms with Crippen molar-refractivity contribution < 1.29 is 0 Å². The molecule has 5 fully saturated rings. The fourth-order valence-electron chi connectivity index (χ4n) is 13.7. The van der Waals surface area contributed by atoms with Crippen LogP contribution < -0.4 is 4.90 Å². The Kier molecular flexibility index (Phi) is 6.89. The van der Waals surface area contributed by atoms with Crippen LogP contribution in [-0.2, 0) is 5.41 Å².